The van der Waals surface area contributed by atoms with Crippen LogP contribution < -0.4 is 10.5 Å². The number of anilines is 1. The van der Waals surface area contributed by atoms with Crippen LogP contribution in [0, 0.1) is 0 Å². The minimum atomic E-state index is -3.56. The van der Waals surface area contributed by atoms with E-state index in [9.17, 15) is 8.42 Å². The zero-order valence-corrected chi connectivity index (χ0v) is 15.1. The van der Waals surface area contributed by atoms with Crippen molar-refractivity contribution in [1.29, 1.82) is 0 Å². The summed E-state index contributed by atoms with van der Waals surface area (Å²) in [5.41, 5.74) is 5.97. The second-order valence-electron chi connectivity index (χ2n) is 3.99. The molecule has 0 fully saturated rings. The number of rotatable bonds is 5. The first kappa shape index (κ1) is 16.0. The third-order valence-corrected chi connectivity index (χ3v) is 6.62. The average Bonchev–Trinajstić information content (AvgIpc) is 2.83. The van der Waals surface area contributed by atoms with Gasteiger partial charge in [-0.05, 0) is 59.2 Å². The molecule has 0 aliphatic carbocycles. The summed E-state index contributed by atoms with van der Waals surface area (Å²) in [6.45, 7) is 0.506. The molecule has 2 aromatic rings. The summed E-state index contributed by atoms with van der Waals surface area (Å²) in [5, 5.41) is 0. The third kappa shape index (κ3) is 3.82. The number of halogens is 2. The molecule has 0 amide bonds. The molecule has 108 valence electrons. The normalized spacial score (nSPS) is 11.6. The number of hydrogen-bond acceptors (Lipinski definition) is 4. The fourth-order valence-corrected chi connectivity index (χ4v) is 5.27. The predicted molar refractivity (Wildman–Crippen MR) is 89.7 cm³/mol. The Morgan fingerprint density at radius 3 is 2.60 bits per heavy atom. The van der Waals surface area contributed by atoms with Gasteiger partial charge < -0.3 is 5.73 Å². The molecule has 0 aliphatic heterocycles. The van der Waals surface area contributed by atoms with Crippen LogP contribution in [0.4, 0.5) is 5.69 Å². The van der Waals surface area contributed by atoms with Gasteiger partial charge in [0.15, 0.2) is 0 Å². The fraction of sp³-hybridized carbons (Fsp3) is 0.167. The number of hydrogen-bond donors (Lipinski definition) is 2. The molecule has 2 rings (SSSR count). The summed E-state index contributed by atoms with van der Waals surface area (Å²) in [5.74, 6) is 0. The molecule has 0 unspecified atom stereocenters. The highest BCUT2D eigenvalue weighted by Gasteiger charge is 2.18. The molecule has 0 atom stereocenters. The van der Waals surface area contributed by atoms with Gasteiger partial charge in [0.25, 0.3) is 10.0 Å². The highest BCUT2D eigenvalue weighted by atomic mass is 79.9. The second-order valence-corrected chi connectivity index (χ2v) is 8.84. The average molecular weight is 440 g/mol. The summed E-state index contributed by atoms with van der Waals surface area (Å²) in [6.07, 6.45) is 0.683. The molecular weight excluding hydrogens is 428 g/mol. The lowest BCUT2D eigenvalue weighted by Gasteiger charge is -2.08. The number of nitrogens with one attached hydrogen (secondary N) is 1. The quantitative estimate of drug-likeness (QED) is 0.747. The van der Waals surface area contributed by atoms with E-state index in [1.807, 2.05) is 0 Å². The van der Waals surface area contributed by atoms with E-state index in [-0.39, 0.29) is 4.21 Å². The smallest absolute Gasteiger partial charge is 0.271 e. The Kier molecular flexibility index (Phi) is 5.25. The van der Waals surface area contributed by atoms with Crippen LogP contribution in [0.25, 0.3) is 0 Å². The third-order valence-electron chi connectivity index (χ3n) is 2.47. The van der Waals surface area contributed by atoms with Gasteiger partial charge in [-0.3, -0.25) is 4.72 Å². The van der Waals surface area contributed by atoms with Crippen LogP contribution in [0.5, 0.6) is 0 Å². The molecule has 0 bridgehead atoms. The molecule has 4 nitrogen and oxygen atoms in total. The zero-order valence-electron chi connectivity index (χ0n) is 10.3. The molecule has 0 radical (unpaired) electrons. The van der Waals surface area contributed by atoms with Gasteiger partial charge >= 0.3 is 0 Å². The largest absolute Gasteiger partial charge is 0.330 e. The summed E-state index contributed by atoms with van der Waals surface area (Å²) in [7, 11) is -3.56. The van der Waals surface area contributed by atoms with Crippen molar-refractivity contribution in [2.45, 2.75) is 10.6 Å². The molecule has 1 aromatic carbocycles. The minimum absolute atomic E-state index is 0.288. The Bertz CT molecular complexity index is 714. The lowest BCUT2D eigenvalue weighted by molar-refractivity contribution is 0.603. The Morgan fingerprint density at radius 2 is 1.95 bits per heavy atom. The molecule has 0 saturated carbocycles. The molecule has 8 heteroatoms. The number of nitrogens with two attached hydrogens (primary N) is 1. The lowest BCUT2D eigenvalue weighted by atomic mass is 10.3. The van der Waals surface area contributed by atoms with Crippen LogP contribution in [0.1, 0.15) is 4.88 Å². The van der Waals surface area contributed by atoms with Gasteiger partial charge in [-0.1, -0.05) is 15.9 Å². The Morgan fingerprint density at radius 1 is 1.20 bits per heavy atom. The van der Waals surface area contributed by atoms with Crippen molar-refractivity contribution >= 4 is 58.9 Å². The van der Waals surface area contributed by atoms with E-state index in [1.165, 1.54) is 11.3 Å². The number of benzene rings is 1. The van der Waals surface area contributed by atoms with Gasteiger partial charge in [0.05, 0.1) is 5.69 Å². The van der Waals surface area contributed by atoms with E-state index in [2.05, 4.69) is 36.6 Å². The van der Waals surface area contributed by atoms with Crippen LogP contribution in [0.3, 0.4) is 0 Å². The maximum absolute atomic E-state index is 12.3. The number of sulfonamides is 1. The predicted octanol–water partition coefficient (Wildman–Crippen LogP) is 3.58. The van der Waals surface area contributed by atoms with Crippen molar-refractivity contribution < 1.29 is 8.42 Å². The topological polar surface area (TPSA) is 72.2 Å². The summed E-state index contributed by atoms with van der Waals surface area (Å²) in [4.78, 5) is 0.961. The van der Waals surface area contributed by atoms with Crippen LogP contribution >= 0.6 is 43.2 Å². The first-order chi connectivity index (χ1) is 9.42. The van der Waals surface area contributed by atoms with E-state index in [1.54, 1.807) is 30.3 Å². The molecule has 20 heavy (non-hydrogen) atoms. The molecular formula is C12H12Br2N2O2S2. The molecule has 1 aromatic heterocycles. The maximum Gasteiger partial charge on any atom is 0.271 e. The molecule has 1 heterocycles. The van der Waals surface area contributed by atoms with E-state index >= 15 is 0 Å². The van der Waals surface area contributed by atoms with Gasteiger partial charge in [0.2, 0.25) is 0 Å². The summed E-state index contributed by atoms with van der Waals surface area (Å²) < 4.78 is 29.0. The van der Waals surface area contributed by atoms with Crippen molar-refractivity contribution in [3.05, 3.63) is 44.2 Å². The Labute approximate surface area is 138 Å². The van der Waals surface area contributed by atoms with Crippen molar-refractivity contribution in [3.63, 3.8) is 0 Å². The lowest BCUT2D eigenvalue weighted by Crippen LogP contribution is -2.11. The monoisotopic (exact) mass is 438 g/mol. The zero-order chi connectivity index (χ0) is 14.8. The van der Waals surface area contributed by atoms with E-state index in [0.29, 0.717) is 23.1 Å². The first-order valence-electron chi connectivity index (χ1n) is 5.69. The standard InChI is InChI=1S/C12H12Br2N2O2S2/c13-8-1-3-11(10(14)7-8)16-20(17,18)12-4-2-9(19-12)5-6-15/h1-4,7,16H,5-6,15H2. The van der Waals surface area contributed by atoms with Crippen molar-refractivity contribution in [3.8, 4) is 0 Å². The maximum atomic E-state index is 12.3. The minimum Gasteiger partial charge on any atom is -0.330 e. The highest BCUT2D eigenvalue weighted by molar-refractivity contribution is 9.11. The second kappa shape index (κ2) is 6.57. The molecule has 0 saturated heterocycles. The molecule has 0 spiro atoms. The van der Waals surface area contributed by atoms with Crippen molar-refractivity contribution in [1.82, 2.24) is 0 Å². The van der Waals surface area contributed by atoms with Crippen LogP contribution in [-0.4, -0.2) is 15.0 Å². The van der Waals surface area contributed by atoms with Gasteiger partial charge in [-0.25, -0.2) is 8.42 Å². The molecule has 3 N–H and O–H groups in total. The van der Waals surface area contributed by atoms with Crippen LogP contribution in [-0.2, 0) is 16.4 Å². The fourth-order valence-electron chi connectivity index (χ4n) is 1.55. The van der Waals surface area contributed by atoms with Crippen molar-refractivity contribution in [2.24, 2.45) is 5.73 Å². The van der Waals surface area contributed by atoms with Gasteiger partial charge in [0, 0.05) is 13.8 Å². The first-order valence-corrected chi connectivity index (χ1v) is 9.57. The summed E-state index contributed by atoms with van der Waals surface area (Å²) in [6, 6.07) is 8.65. The van der Waals surface area contributed by atoms with E-state index < -0.39 is 10.0 Å². The van der Waals surface area contributed by atoms with Gasteiger partial charge in [-0.15, -0.1) is 11.3 Å². The number of thiophene rings is 1. The van der Waals surface area contributed by atoms with E-state index in [4.69, 9.17) is 5.73 Å². The van der Waals surface area contributed by atoms with Crippen molar-refractivity contribution in [2.75, 3.05) is 11.3 Å². The van der Waals surface area contributed by atoms with E-state index in [0.717, 1.165) is 9.35 Å². The highest BCUT2D eigenvalue weighted by Crippen LogP contribution is 2.30. The Balaban J connectivity index is 2.26. The summed E-state index contributed by atoms with van der Waals surface area (Å²) >= 11 is 7.89. The van der Waals surface area contributed by atoms with Gasteiger partial charge in [-0.2, -0.15) is 0 Å². The SMILES string of the molecule is NCCc1ccc(S(=O)(=O)Nc2ccc(Br)cc2Br)s1. The van der Waals surface area contributed by atoms with Crippen LogP contribution in [0.2, 0.25) is 0 Å². The van der Waals surface area contributed by atoms with Gasteiger partial charge in [0.1, 0.15) is 4.21 Å². The molecule has 0 aliphatic rings. The van der Waals surface area contributed by atoms with Crippen LogP contribution in [0.15, 0.2) is 43.5 Å². The Hall–Kier alpha value is -0.410.